The van der Waals surface area contributed by atoms with Gasteiger partial charge in [-0.3, -0.25) is 9.58 Å². The summed E-state index contributed by atoms with van der Waals surface area (Å²) in [7, 11) is 1.71. The minimum atomic E-state index is -0.205. The van der Waals surface area contributed by atoms with E-state index in [0.29, 0.717) is 59.9 Å². The van der Waals surface area contributed by atoms with Crippen molar-refractivity contribution in [1.29, 1.82) is 0 Å². The van der Waals surface area contributed by atoms with E-state index in [2.05, 4.69) is 40.4 Å². The zero-order chi connectivity index (χ0) is 33.7. The van der Waals surface area contributed by atoms with Gasteiger partial charge in [0, 0.05) is 49.6 Å². The van der Waals surface area contributed by atoms with Crippen molar-refractivity contribution in [1.82, 2.24) is 44.9 Å². The summed E-state index contributed by atoms with van der Waals surface area (Å²) >= 11 is 6.47. The lowest BCUT2D eigenvalue weighted by molar-refractivity contribution is -0.0458. The van der Waals surface area contributed by atoms with E-state index in [1.165, 1.54) is 25.7 Å². The third kappa shape index (κ3) is 7.98. The molecule has 49 heavy (non-hydrogen) atoms. The maximum Gasteiger partial charge on any atom is 0.256 e. The Bertz CT molecular complexity index is 1630. The Balaban J connectivity index is 1.02. The van der Waals surface area contributed by atoms with Gasteiger partial charge in [0.15, 0.2) is 0 Å². The van der Waals surface area contributed by atoms with Crippen LogP contribution in [0.4, 0.5) is 11.6 Å². The van der Waals surface area contributed by atoms with E-state index in [9.17, 15) is 0 Å². The number of morpholine rings is 1. The fourth-order valence-electron chi connectivity index (χ4n) is 7.29. The topological polar surface area (TPSA) is 139 Å². The van der Waals surface area contributed by atoms with Crippen molar-refractivity contribution in [2.45, 2.75) is 102 Å². The molecular formula is C34H45ClN10O4. The van der Waals surface area contributed by atoms with E-state index in [-0.39, 0.29) is 12.2 Å². The van der Waals surface area contributed by atoms with E-state index < -0.39 is 0 Å². The molecule has 3 fully saturated rings. The molecule has 0 radical (unpaired) electrons. The Morgan fingerprint density at radius 2 is 1.69 bits per heavy atom. The molecule has 15 heteroatoms. The molecule has 1 N–H and O–H groups in total. The molecule has 7 rings (SSSR count). The SMILES string of the molecule is CO[C@@H](C)CCOc1nn(C2CCC(N3[C@@H]4CC[C@H]3COC4)CC2)cc1Nc1ncc(-c2ccc(Cl)c(O[C@@H](C)Cn3cnnn3)c2)cn1. The lowest BCUT2D eigenvalue weighted by Crippen LogP contribution is -2.52. The molecule has 0 unspecified atom stereocenters. The van der Waals surface area contributed by atoms with Gasteiger partial charge >= 0.3 is 0 Å². The number of halogens is 1. The highest BCUT2D eigenvalue weighted by Gasteiger charge is 2.42. The number of fused-ring (bicyclic) bond motifs is 2. The first-order valence-electron chi connectivity index (χ1n) is 17.3. The van der Waals surface area contributed by atoms with Gasteiger partial charge in [0.25, 0.3) is 5.88 Å². The number of hydrogen-bond donors (Lipinski definition) is 1. The van der Waals surface area contributed by atoms with Gasteiger partial charge in [-0.2, -0.15) is 0 Å². The standard InChI is InChI=1S/C34H45ClN10O4/c1-22(46-3)12-13-48-33-31(18-44(40-33)26-5-7-27(8-6-26)45-28-9-10-29(45)20-47-19-28)39-34-36-15-25(16-37-34)24-4-11-30(35)32(14-24)49-23(2)17-43-21-38-41-42-43/h4,11,14-16,18,21-23,26-29H,5-10,12-13,17,19-20H2,1-3H3,(H,36,37,39)/t22-,23-,26?,27?,28-,29+/m0/s1. The molecule has 2 bridgehead atoms. The van der Waals surface area contributed by atoms with Crippen molar-refractivity contribution in [3.63, 3.8) is 0 Å². The second-order valence-corrected chi connectivity index (χ2v) is 13.8. The minimum Gasteiger partial charge on any atom is -0.487 e. The third-order valence-corrected chi connectivity index (χ3v) is 10.3. The summed E-state index contributed by atoms with van der Waals surface area (Å²) in [5, 5.41) is 20.0. The van der Waals surface area contributed by atoms with Crippen molar-refractivity contribution in [3.05, 3.63) is 48.1 Å². The lowest BCUT2D eigenvalue weighted by atomic mass is 9.89. The fraction of sp³-hybridized carbons (Fsp3) is 0.588. The average Bonchev–Trinajstić information content (AvgIpc) is 3.84. The maximum absolute atomic E-state index is 6.47. The molecule has 2 saturated heterocycles. The monoisotopic (exact) mass is 692 g/mol. The maximum atomic E-state index is 6.47. The van der Waals surface area contributed by atoms with E-state index in [0.717, 1.165) is 49.3 Å². The smallest absolute Gasteiger partial charge is 0.256 e. The van der Waals surface area contributed by atoms with Crippen LogP contribution >= 0.6 is 11.6 Å². The van der Waals surface area contributed by atoms with Crippen LogP contribution in [0.25, 0.3) is 11.1 Å². The summed E-state index contributed by atoms with van der Waals surface area (Å²) in [4.78, 5) is 12.0. The minimum absolute atomic E-state index is 0.0909. The molecule has 3 aliphatic rings. The van der Waals surface area contributed by atoms with Crippen molar-refractivity contribution in [2.24, 2.45) is 0 Å². The Hall–Kier alpha value is -3.85. The molecule has 1 aromatic carbocycles. The quantitative estimate of drug-likeness (QED) is 0.182. The molecule has 1 aliphatic carbocycles. The van der Waals surface area contributed by atoms with Gasteiger partial charge < -0.3 is 24.3 Å². The first-order valence-corrected chi connectivity index (χ1v) is 17.7. The van der Waals surface area contributed by atoms with E-state index >= 15 is 0 Å². The van der Waals surface area contributed by atoms with E-state index in [1.54, 1.807) is 30.5 Å². The molecular weight excluding hydrogens is 648 g/mol. The fourth-order valence-corrected chi connectivity index (χ4v) is 7.45. The van der Waals surface area contributed by atoms with Crippen molar-refractivity contribution in [2.75, 3.05) is 32.2 Å². The zero-order valence-corrected chi connectivity index (χ0v) is 29.1. The lowest BCUT2D eigenvalue weighted by Gasteiger charge is -2.43. The summed E-state index contributed by atoms with van der Waals surface area (Å²) in [5.41, 5.74) is 2.45. The molecule has 4 atom stereocenters. The summed E-state index contributed by atoms with van der Waals surface area (Å²) in [5.74, 6) is 1.55. The summed E-state index contributed by atoms with van der Waals surface area (Å²) in [6.45, 7) is 6.71. The highest BCUT2D eigenvalue weighted by molar-refractivity contribution is 6.32. The Kier molecular flexibility index (Phi) is 10.5. The molecule has 4 aromatic rings. The normalized spacial score (nSPS) is 23.7. The predicted molar refractivity (Wildman–Crippen MR) is 183 cm³/mol. The zero-order valence-electron chi connectivity index (χ0n) is 28.3. The molecule has 1 saturated carbocycles. The number of methoxy groups -OCH3 is 1. The van der Waals surface area contributed by atoms with Crippen LogP contribution in [0.1, 0.15) is 64.8 Å². The second kappa shape index (κ2) is 15.4. The van der Waals surface area contributed by atoms with Crippen LogP contribution in [-0.4, -0.2) is 102 Å². The van der Waals surface area contributed by atoms with Crippen LogP contribution in [0.3, 0.4) is 0 Å². The first-order chi connectivity index (χ1) is 23.9. The van der Waals surface area contributed by atoms with Crippen LogP contribution in [0.5, 0.6) is 11.6 Å². The van der Waals surface area contributed by atoms with Gasteiger partial charge in [0.2, 0.25) is 5.95 Å². The van der Waals surface area contributed by atoms with Crippen LogP contribution < -0.4 is 14.8 Å². The summed E-state index contributed by atoms with van der Waals surface area (Å²) < 4.78 is 27.3. The van der Waals surface area contributed by atoms with Gasteiger partial charge in [0.1, 0.15) is 23.9 Å². The highest BCUT2D eigenvalue weighted by atomic mass is 35.5. The van der Waals surface area contributed by atoms with Gasteiger partial charge in [-0.05, 0) is 80.5 Å². The van der Waals surface area contributed by atoms with Gasteiger partial charge in [-0.15, -0.1) is 10.2 Å². The number of rotatable bonds is 14. The summed E-state index contributed by atoms with van der Waals surface area (Å²) in [6.07, 6.45) is 14.8. The number of benzene rings is 1. The third-order valence-electron chi connectivity index (χ3n) is 9.95. The predicted octanol–water partition coefficient (Wildman–Crippen LogP) is 5.34. The Morgan fingerprint density at radius 3 is 2.41 bits per heavy atom. The molecule has 5 heterocycles. The number of ether oxygens (including phenoxy) is 4. The van der Waals surface area contributed by atoms with Gasteiger partial charge in [0.05, 0.1) is 49.7 Å². The van der Waals surface area contributed by atoms with Crippen molar-refractivity contribution >= 4 is 23.2 Å². The molecule has 0 spiro atoms. The number of nitrogens with zero attached hydrogens (tertiary/aromatic N) is 9. The molecule has 14 nitrogen and oxygen atoms in total. The van der Waals surface area contributed by atoms with Crippen LogP contribution in [-0.2, 0) is 16.0 Å². The second-order valence-electron chi connectivity index (χ2n) is 13.4. The first kappa shape index (κ1) is 33.6. The number of anilines is 2. The van der Waals surface area contributed by atoms with E-state index in [4.69, 9.17) is 35.6 Å². The highest BCUT2D eigenvalue weighted by Crippen LogP contribution is 2.39. The largest absolute Gasteiger partial charge is 0.487 e. The summed E-state index contributed by atoms with van der Waals surface area (Å²) in [6, 6.07) is 7.74. The number of tetrazole rings is 1. The molecule has 2 aliphatic heterocycles. The van der Waals surface area contributed by atoms with Gasteiger partial charge in [-0.25, -0.2) is 14.6 Å². The molecule has 262 valence electrons. The number of nitrogens with one attached hydrogen (secondary N) is 1. The molecule has 0 amide bonds. The van der Waals surface area contributed by atoms with Gasteiger partial charge in [-0.1, -0.05) is 17.7 Å². The molecule has 3 aromatic heterocycles. The Labute approximate surface area is 291 Å². The van der Waals surface area contributed by atoms with Crippen LogP contribution in [0.15, 0.2) is 43.1 Å². The van der Waals surface area contributed by atoms with Crippen molar-refractivity contribution < 1.29 is 18.9 Å². The van der Waals surface area contributed by atoms with E-state index in [1.807, 2.05) is 38.2 Å². The average molecular weight is 693 g/mol. The number of hydrogen-bond acceptors (Lipinski definition) is 12. The number of aromatic nitrogens is 8. The van der Waals surface area contributed by atoms with Crippen molar-refractivity contribution in [3.8, 4) is 22.8 Å². The van der Waals surface area contributed by atoms with Crippen LogP contribution in [0, 0.1) is 0 Å². The van der Waals surface area contributed by atoms with Crippen LogP contribution in [0.2, 0.25) is 5.02 Å². The Morgan fingerprint density at radius 1 is 0.959 bits per heavy atom.